The van der Waals surface area contributed by atoms with Crippen molar-refractivity contribution in [1.29, 1.82) is 0 Å². The lowest BCUT2D eigenvalue weighted by molar-refractivity contribution is 0.0994. The van der Waals surface area contributed by atoms with Crippen LogP contribution in [0.3, 0.4) is 0 Å². The summed E-state index contributed by atoms with van der Waals surface area (Å²) in [6.07, 6.45) is 7.77. The van der Waals surface area contributed by atoms with Crippen LogP contribution in [0.1, 0.15) is 37.8 Å². The maximum absolute atomic E-state index is 5.77. The fourth-order valence-electron chi connectivity index (χ4n) is 1.89. The number of hydrogen-bond acceptors (Lipinski definition) is 3. The second kappa shape index (κ2) is 4.77. The summed E-state index contributed by atoms with van der Waals surface area (Å²) in [5, 5.41) is 4.28. The van der Waals surface area contributed by atoms with Gasteiger partial charge in [-0.15, -0.1) is 0 Å². The van der Waals surface area contributed by atoms with E-state index in [1.54, 1.807) is 0 Å². The molecule has 4 nitrogen and oxygen atoms in total. The van der Waals surface area contributed by atoms with Crippen LogP contribution in [-0.4, -0.2) is 22.5 Å². The van der Waals surface area contributed by atoms with Crippen molar-refractivity contribution in [2.75, 3.05) is 6.61 Å². The molecule has 84 valence electrons. The van der Waals surface area contributed by atoms with Crippen molar-refractivity contribution in [3.8, 4) is 0 Å². The molecule has 1 aromatic heterocycles. The van der Waals surface area contributed by atoms with E-state index >= 15 is 0 Å². The molecule has 0 saturated carbocycles. The first kappa shape index (κ1) is 10.6. The normalized spacial score (nSPS) is 23.2. The molecule has 2 N–H and O–H groups in total. The van der Waals surface area contributed by atoms with Gasteiger partial charge in [-0.1, -0.05) is 0 Å². The molecule has 0 radical (unpaired) electrons. The van der Waals surface area contributed by atoms with Crippen LogP contribution < -0.4 is 5.73 Å². The van der Waals surface area contributed by atoms with Crippen LogP contribution in [-0.2, 0) is 11.3 Å². The third-order valence-electron chi connectivity index (χ3n) is 2.88. The van der Waals surface area contributed by atoms with Gasteiger partial charge in [-0.2, -0.15) is 5.10 Å². The van der Waals surface area contributed by atoms with Crippen molar-refractivity contribution in [3.05, 3.63) is 18.0 Å². The second-order valence-electron chi connectivity index (χ2n) is 4.25. The third kappa shape index (κ3) is 2.79. The van der Waals surface area contributed by atoms with E-state index < -0.39 is 0 Å². The zero-order valence-electron chi connectivity index (χ0n) is 9.22. The minimum Gasteiger partial charge on any atom is -0.378 e. The Labute approximate surface area is 90.4 Å². The Morgan fingerprint density at radius 3 is 3.20 bits per heavy atom. The van der Waals surface area contributed by atoms with E-state index in [-0.39, 0.29) is 6.04 Å². The van der Waals surface area contributed by atoms with Crippen LogP contribution in [0.15, 0.2) is 12.4 Å². The Morgan fingerprint density at radius 2 is 2.60 bits per heavy atom. The molecular weight excluding hydrogens is 190 g/mol. The highest BCUT2D eigenvalue weighted by atomic mass is 16.5. The topological polar surface area (TPSA) is 53.1 Å². The Bertz CT molecular complexity index is 303. The lowest BCUT2D eigenvalue weighted by atomic mass is 10.2. The molecule has 1 saturated heterocycles. The van der Waals surface area contributed by atoms with Gasteiger partial charge in [-0.25, -0.2) is 0 Å². The van der Waals surface area contributed by atoms with Crippen molar-refractivity contribution in [2.45, 2.75) is 44.9 Å². The summed E-state index contributed by atoms with van der Waals surface area (Å²) in [5.74, 6) is 0. The van der Waals surface area contributed by atoms with Gasteiger partial charge >= 0.3 is 0 Å². The molecule has 0 aromatic carbocycles. The summed E-state index contributed by atoms with van der Waals surface area (Å²) >= 11 is 0. The highest BCUT2D eigenvalue weighted by molar-refractivity contribution is 5.08. The fourth-order valence-corrected chi connectivity index (χ4v) is 1.89. The number of hydrogen-bond donors (Lipinski definition) is 1. The number of aryl methyl sites for hydroxylation is 1. The first-order valence-corrected chi connectivity index (χ1v) is 5.65. The van der Waals surface area contributed by atoms with Crippen LogP contribution in [0.25, 0.3) is 0 Å². The molecule has 1 aromatic rings. The number of aromatic nitrogens is 2. The summed E-state index contributed by atoms with van der Waals surface area (Å²) in [7, 11) is 0. The smallest absolute Gasteiger partial charge is 0.0593 e. The van der Waals surface area contributed by atoms with E-state index in [1.165, 1.54) is 12.8 Å². The number of ether oxygens (including phenoxy) is 1. The molecule has 15 heavy (non-hydrogen) atoms. The SMILES string of the molecule is CC(N)c1cnn(CCC2CCCO2)c1. The van der Waals surface area contributed by atoms with Crippen LogP contribution in [0, 0.1) is 0 Å². The van der Waals surface area contributed by atoms with Gasteiger partial charge in [0, 0.05) is 31.0 Å². The quantitative estimate of drug-likeness (QED) is 0.817. The van der Waals surface area contributed by atoms with Crippen LogP contribution in [0.4, 0.5) is 0 Å². The van der Waals surface area contributed by atoms with E-state index in [2.05, 4.69) is 5.10 Å². The van der Waals surface area contributed by atoms with Crippen molar-refractivity contribution < 1.29 is 4.74 Å². The predicted octanol–water partition coefficient (Wildman–Crippen LogP) is 1.47. The number of nitrogens with two attached hydrogens (primary N) is 1. The predicted molar refractivity (Wildman–Crippen MR) is 58.4 cm³/mol. The fraction of sp³-hybridized carbons (Fsp3) is 0.727. The largest absolute Gasteiger partial charge is 0.378 e. The molecule has 2 atom stereocenters. The Morgan fingerprint density at radius 1 is 1.73 bits per heavy atom. The van der Waals surface area contributed by atoms with E-state index in [1.807, 2.05) is 24.0 Å². The van der Waals surface area contributed by atoms with Gasteiger partial charge in [-0.05, 0) is 26.2 Å². The van der Waals surface area contributed by atoms with Gasteiger partial charge in [0.1, 0.15) is 0 Å². The summed E-state index contributed by atoms with van der Waals surface area (Å²) in [5.41, 5.74) is 6.87. The Hall–Kier alpha value is -0.870. The maximum atomic E-state index is 5.77. The molecular formula is C11H19N3O. The second-order valence-corrected chi connectivity index (χ2v) is 4.25. The van der Waals surface area contributed by atoms with Crippen molar-refractivity contribution in [1.82, 2.24) is 9.78 Å². The van der Waals surface area contributed by atoms with E-state index in [0.717, 1.165) is 25.1 Å². The molecule has 2 heterocycles. The third-order valence-corrected chi connectivity index (χ3v) is 2.88. The monoisotopic (exact) mass is 209 g/mol. The van der Waals surface area contributed by atoms with Gasteiger partial charge < -0.3 is 10.5 Å². The van der Waals surface area contributed by atoms with Gasteiger partial charge in [0.25, 0.3) is 0 Å². The summed E-state index contributed by atoms with van der Waals surface area (Å²) in [6, 6.07) is 0.0708. The van der Waals surface area contributed by atoms with Crippen molar-refractivity contribution in [2.24, 2.45) is 5.73 Å². The van der Waals surface area contributed by atoms with Crippen molar-refractivity contribution >= 4 is 0 Å². The molecule has 0 bridgehead atoms. The molecule has 1 fully saturated rings. The standard InChI is InChI=1S/C11H19N3O/c1-9(12)10-7-13-14(8-10)5-4-11-3-2-6-15-11/h7-9,11H,2-6,12H2,1H3. The van der Waals surface area contributed by atoms with E-state index in [0.29, 0.717) is 6.10 Å². The highest BCUT2D eigenvalue weighted by Crippen LogP contribution is 2.16. The zero-order valence-corrected chi connectivity index (χ0v) is 9.22. The Balaban J connectivity index is 1.82. The average molecular weight is 209 g/mol. The molecule has 4 heteroatoms. The van der Waals surface area contributed by atoms with Gasteiger partial charge in [0.05, 0.1) is 12.3 Å². The highest BCUT2D eigenvalue weighted by Gasteiger charge is 2.15. The van der Waals surface area contributed by atoms with Gasteiger partial charge in [0.15, 0.2) is 0 Å². The molecule has 1 aliphatic rings. The number of nitrogens with zero attached hydrogens (tertiary/aromatic N) is 2. The molecule has 0 spiro atoms. The maximum Gasteiger partial charge on any atom is 0.0593 e. The molecule has 2 rings (SSSR count). The van der Waals surface area contributed by atoms with Crippen LogP contribution >= 0.6 is 0 Å². The Kier molecular flexibility index (Phi) is 3.38. The molecule has 0 aliphatic carbocycles. The summed E-state index contributed by atoms with van der Waals surface area (Å²) in [6.45, 7) is 3.83. The van der Waals surface area contributed by atoms with Crippen LogP contribution in [0.5, 0.6) is 0 Å². The summed E-state index contributed by atoms with van der Waals surface area (Å²) in [4.78, 5) is 0. The number of rotatable bonds is 4. The van der Waals surface area contributed by atoms with Crippen molar-refractivity contribution in [3.63, 3.8) is 0 Å². The van der Waals surface area contributed by atoms with Gasteiger partial charge in [0.2, 0.25) is 0 Å². The van der Waals surface area contributed by atoms with Gasteiger partial charge in [-0.3, -0.25) is 4.68 Å². The minimum atomic E-state index is 0.0708. The average Bonchev–Trinajstić information content (AvgIpc) is 2.86. The first-order valence-electron chi connectivity index (χ1n) is 5.65. The lowest BCUT2D eigenvalue weighted by Gasteiger charge is -2.08. The van der Waals surface area contributed by atoms with Crippen LogP contribution in [0.2, 0.25) is 0 Å². The molecule has 2 unspecified atom stereocenters. The minimum absolute atomic E-state index is 0.0708. The molecule has 1 aliphatic heterocycles. The van der Waals surface area contributed by atoms with E-state index in [9.17, 15) is 0 Å². The first-order chi connectivity index (χ1) is 7.25. The molecule has 0 amide bonds. The zero-order chi connectivity index (χ0) is 10.7. The van der Waals surface area contributed by atoms with E-state index in [4.69, 9.17) is 10.5 Å². The lowest BCUT2D eigenvalue weighted by Crippen LogP contribution is -2.10. The summed E-state index contributed by atoms with van der Waals surface area (Å²) < 4.78 is 7.52.